The predicted octanol–water partition coefficient (Wildman–Crippen LogP) is 4.80. The summed E-state index contributed by atoms with van der Waals surface area (Å²) in [6.45, 7) is 8.63. The third-order valence-corrected chi connectivity index (χ3v) is 12.2. The smallest absolute Gasteiger partial charge is 0.302 e. The standard InChI is InChI=1S/C36H64N2O7/c1-21(2)31-9-6-24-12-25(20-39)14-29(15-28(31)13-24)34(45-23(4)41)18-30(44-22(3)40)8-7-26-16-35(43-5)33(42)19-32(26)27-10-11-38-36(37)17-27/h21,24-36,38-39,42H,6-20,37H2,1-5H3. The summed E-state index contributed by atoms with van der Waals surface area (Å²) in [5, 5.41) is 24.6. The van der Waals surface area contributed by atoms with Crippen molar-refractivity contribution in [1.82, 2.24) is 5.32 Å². The van der Waals surface area contributed by atoms with Crippen molar-refractivity contribution in [3.05, 3.63) is 0 Å². The van der Waals surface area contributed by atoms with E-state index in [-0.39, 0.29) is 54.9 Å². The van der Waals surface area contributed by atoms with Gasteiger partial charge in [0, 0.05) is 34.0 Å². The second-order valence-corrected chi connectivity index (χ2v) is 15.6. The highest BCUT2D eigenvalue weighted by molar-refractivity contribution is 5.66. The number of rotatable bonds is 12. The lowest BCUT2D eigenvalue weighted by atomic mass is 9.62. The Morgan fingerprint density at radius 3 is 2.33 bits per heavy atom. The first-order chi connectivity index (χ1) is 21.5. The van der Waals surface area contributed by atoms with E-state index in [1.54, 1.807) is 7.11 Å². The normalized spacial score (nSPS) is 38.9. The summed E-state index contributed by atoms with van der Waals surface area (Å²) >= 11 is 0. The first-order valence-corrected chi connectivity index (χ1v) is 18.1. The molecular weight excluding hydrogens is 572 g/mol. The Morgan fingerprint density at radius 2 is 1.69 bits per heavy atom. The van der Waals surface area contributed by atoms with Crippen LogP contribution in [0.3, 0.4) is 0 Å². The van der Waals surface area contributed by atoms with Gasteiger partial charge in [0.15, 0.2) is 0 Å². The molecule has 13 unspecified atom stereocenters. The second-order valence-electron chi connectivity index (χ2n) is 15.6. The number of nitrogens with one attached hydrogen (secondary N) is 1. The Kier molecular flexibility index (Phi) is 14.0. The first-order valence-electron chi connectivity index (χ1n) is 18.1. The summed E-state index contributed by atoms with van der Waals surface area (Å²) in [5.74, 6) is 3.25. The number of piperidine rings is 1. The topological polar surface area (TPSA) is 140 Å². The molecule has 260 valence electrons. The fraction of sp³-hybridized carbons (Fsp3) is 0.944. The number of carbonyl (C=O) groups is 2. The van der Waals surface area contributed by atoms with Crippen molar-refractivity contribution < 1.29 is 34.0 Å². The molecule has 0 spiro atoms. The van der Waals surface area contributed by atoms with Gasteiger partial charge in [-0.15, -0.1) is 0 Å². The maximum Gasteiger partial charge on any atom is 0.302 e. The summed E-state index contributed by atoms with van der Waals surface area (Å²) in [4.78, 5) is 24.9. The highest BCUT2D eigenvalue weighted by atomic mass is 16.6. The molecule has 0 aromatic rings. The van der Waals surface area contributed by atoms with Crippen LogP contribution in [0.15, 0.2) is 0 Å². The minimum Gasteiger partial charge on any atom is -0.462 e. The average Bonchev–Trinajstić information content (AvgIpc) is 2.97. The summed E-state index contributed by atoms with van der Waals surface area (Å²) in [6, 6.07) is 0. The van der Waals surface area contributed by atoms with E-state index in [2.05, 4.69) is 19.2 Å². The van der Waals surface area contributed by atoms with Gasteiger partial charge in [-0.1, -0.05) is 20.3 Å². The number of methoxy groups -OCH3 is 1. The molecule has 5 N–H and O–H groups in total. The molecule has 3 aliphatic carbocycles. The van der Waals surface area contributed by atoms with Gasteiger partial charge in [0.05, 0.1) is 18.4 Å². The molecule has 0 aromatic carbocycles. The molecule has 1 saturated heterocycles. The monoisotopic (exact) mass is 636 g/mol. The van der Waals surface area contributed by atoms with Crippen LogP contribution >= 0.6 is 0 Å². The van der Waals surface area contributed by atoms with Gasteiger partial charge in [-0.25, -0.2) is 0 Å². The molecule has 1 aliphatic heterocycles. The molecule has 4 rings (SSSR count). The van der Waals surface area contributed by atoms with E-state index < -0.39 is 6.10 Å². The van der Waals surface area contributed by atoms with Crippen LogP contribution < -0.4 is 11.1 Å². The zero-order valence-corrected chi connectivity index (χ0v) is 28.7. The Hall–Kier alpha value is -1.26. The first kappa shape index (κ1) is 36.6. The number of carbonyl (C=O) groups excluding carboxylic acids is 2. The van der Waals surface area contributed by atoms with Crippen LogP contribution in [0.5, 0.6) is 0 Å². The van der Waals surface area contributed by atoms with E-state index in [1.165, 1.54) is 33.1 Å². The molecule has 13 atom stereocenters. The zero-order chi connectivity index (χ0) is 32.7. The third-order valence-electron chi connectivity index (χ3n) is 12.2. The molecule has 1 heterocycles. The zero-order valence-electron chi connectivity index (χ0n) is 28.7. The third kappa shape index (κ3) is 10.4. The van der Waals surface area contributed by atoms with E-state index in [9.17, 15) is 19.8 Å². The molecule has 0 amide bonds. The van der Waals surface area contributed by atoms with Crippen molar-refractivity contribution in [3.8, 4) is 0 Å². The minimum absolute atomic E-state index is 0.0266. The van der Waals surface area contributed by atoms with E-state index in [0.29, 0.717) is 60.7 Å². The highest BCUT2D eigenvalue weighted by Gasteiger charge is 2.43. The van der Waals surface area contributed by atoms with Crippen LogP contribution in [0.25, 0.3) is 0 Å². The number of aliphatic hydroxyl groups is 2. The van der Waals surface area contributed by atoms with Crippen molar-refractivity contribution in [1.29, 1.82) is 0 Å². The van der Waals surface area contributed by atoms with Crippen molar-refractivity contribution in [3.63, 3.8) is 0 Å². The van der Waals surface area contributed by atoms with Crippen LogP contribution in [0.2, 0.25) is 0 Å². The van der Waals surface area contributed by atoms with Crippen LogP contribution in [0.4, 0.5) is 0 Å². The van der Waals surface area contributed by atoms with Crippen LogP contribution in [-0.2, 0) is 23.8 Å². The number of nitrogens with two attached hydrogens (primary N) is 1. The Bertz CT molecular complexity index is 933. The summed E-state index contributed by atoms with van der Waals surface area (Å²) in [7, 11) is 1.67. The molecule has 9 nitrogen and oxygen atoms in total. The van der Waals surface area contributed by atoms with Crippen molar-refractivity contribution in [2.45, 2.75) is 142 Å². The molecule has 3 saturated carbocycles. The highest BCUT2D eigenvalue weighted by Crippen LogP contribution is 2.48. The molecule has 0 radical (unpaired) electrons. The van der Waals surface area contributed by atoms with Gasteiger partial charge >= 0.3 is 11.9 Å². The Labute approximate surface area is 272 Å². The number of aliphatic hydroxyl groups excluding tert-OH is 2. The molecule has 9 heteroatoms. The number of fused-ring (bicyclic) bond motifs is 2. The maximum absolute atomic E-state index is 12.5. The van der Waals surface area contributed by atoms with Crippen LogP contribution in [0, 0.1) is 53.3 Å². The van der Waals surface area contributed by atoms with Gasteiger partial charge in [0.1, 0.15) is 12.2 Å². The molecule has 2 bridgehead atoms. The lowest BCUT2D eigenvalue weighted by Crippen LogP contribution is -2.49. The maximum atomic E-state index is 12.5. The molecule has 4 fully saturated rings. The summed E-state index contributed by atoms with van der Waals surface area (Å²) < 4.78 is 17.8. The van der Waals surface area contributed by atoms with Gasteiger partial charge < -0.3 is 35.5 Å². The molecule has 45 heavy (non-hydrogen) atoms. The Morgan fingerprint density at radius 1 is 0.933 bits per heavy atom. The van der Waals surface area contributed by atoms with Crippen molar-refractivity contribution in [2.75, 3.05) is 20.3 Å². The van der Waals surface area contributed by atoms with Crippen molar-refractivity contribution >= 4 is 11.9 Å². The fourth-order valence-corrected chi connectivity index (χ4v) is 10.1. The van der Waals surface area contributed by atoms with Gasteiger partial charge in [0.2, 0.25) is 0 Å². The molecule has 4 aliphatic rings. The summed E-state index contributed by atoms with van der Waals surface area (Å²) in [5.41, 5.74) is 6.29. The van der Waals surface area contributed by atoms with Crippen LogP contribution in [-0.4, -0.2) is 73.0 Å². The number of hydrogen-bond acceptors (Lipinski definition) is 9. The lowest BCUT2D eigenvalue weighted by molar-refractivity contribution is -0.157. The van der Waals surface area contributed by atoms with E-state index >= 15 is 0 Å². The average molecular weight is 637 g/mol. The SMILES string of the molecule is COC1CC(CCC(CC(OC(C)=O)C2CC(CO)CC3CCC(C(C)C)C(C3)C2)OC(C)=O)C(C2CCNC(N)C2)CC1O. The molecular formula is C36H64N2O7. The van der Waals surface area contributed by atoms with Crippen LogP contribution in [0.1, 0.15) is 111 Å². The lowest BCUT2D eigenvalue weighted by Gasteiger charge is -2.45. The van der Waals surface area contributed by atoms with Gasteiger partial charge in [-0.3, -0.25) is 9.59 Å². The van der Waals surface area contributed by atoms with E-state index in [4.69, 9.17) is 19.9 Å². The minimum atomic E-state index is -0.493. The fourth-order valence-electron chi connectivity index (χ4n) is 10.1. The van der Waals surface area contributed by atoms with Crippen molar-refractivity contribution in [2.24, 2.45) is 59.0 Å². The largest absolute Gasteiger partial charge is 0.462 e. The number of esters is 2. The van der Waals surface area contributed by atoms with E-state index in [0.717, 1.165) is 51.5 Å². The number of ether oxygens (including phenoxy) is 3. The van der Waals surface area contributed by atoms with Gasteiger partial charge in [-0.2, -0.15) is 0 Å². The predicted molar refractivity (Wildman–Crippen MR) is 174 cm³/mol. The molecule has 0 aromatic heterocycles. The quantitative estimate of drug-likeness (QED) is 0.222. The van der Waals surface area contributed by atoms with E-state index in [1.807, 2.05) is 0 Å². The summed E-state index contributed by atoms with van der Waals surface area (Å²) in [6.07, 6.45) is 10.4. The van der Waals surface area contributed by atoms with Gasteiger partial charge in [-0.05, 0) is 130 Å². The van der Waals surface area contributed by atoms with Gasteiger partial charge in [0.25, 0.3) is 0 Å². The number of hydrogen-bond donors (Lipinski definition) is 4. The Balaban J connectivity index is 1.52. The second kappa shape index (κ2) is 17.2.